The second kappa shape index (κ2) is 9.59. The highest BCUT2D eigenvalue weighted by Gasteiger charge is 2.33. The van der Waals surface area contributed by atoms with Crippen molar-refractivity contribution in [1.29, 1.82) is 0 Å². The molecular weight excluding hydrogens is 374 g/mol. The fourth-order valence-corrected chi connectivity index (χ4v) is 5.83. The zero-order valence-electron chi connectivity index (χ0n) is 17.1. The second-order valence-corrected chi connectivity index (χ2v) is 9.33. The number of carbonyl (C=O) groups excluding carboxylic acids is 1. The van der Waals surface area contributed by atoms with Crippen molar-refractivity contribution in [2.45, 2.75) is 69.2 Å². The third-order valence-electron chi connectivity index (χ3n) is 6.36. The quantitative estimate of drug-likeness (QED) is 0.681. The van der Waals surface area contributed by atoms with Crippen molar-refractivity contribution >= 4 is 17.7 Å². The minimum Gasteiger partial charge on any atom is -0.368 e. The van der Waals surface area contributed by atoms with Gasteiger partial charge < -0.3 is 19.1 Å². The summed E-state index contributed by atoms with van der Waals surface area (Å²) in [5.41, 5.74) is 0. The van der Waals surface area contributed by atoms with E-state index in [9.17, 15) is 4.79 Å². The standard InChI is InChI=1S/C20H33N5O2S/c1-2-25-18(21-22-20(25)28-14-12-23-9-3-4-10-23)16-7-5-11-24(15-16)19(26)17-8-6-13-27-17/h16-17H,2-15H2,1H3/p+1/t16-,17+/m0/s1. The van der Waals surface area contributed by atoms with Crippen LogP contribution in [-0.2, 0) is 16.1 Å². The lowest BCUT2D eigenvalue weighted by Gasteiger charge is -2.33. The largest absolute Gasteiger partial charge is 0.368 e. The van der Waals surface area contributed by atoms with E-state index >= 15 is 0 Å². The van der Waals surface area contributed by atoms with Crippen LogP contribution in [0.2, 0.25) is 0 Å². The number of aromatic nitrogens is 3. The summed E-state index contributed by atoms with van der Waals surface area (Å²) in [6.07, 6.45) is 6.50. The molecule has 4 rings (SSSR count). The Balaban J connectivity index is 1.37. The molecule has 3 saturated heterocycles. The number of rotatable bonds is 7. The average molecular weight is 409 g/mol. The van der Waals surface area contributed by atoms with Gasteiger partial charge in [0.1, 0.15) is 11.9 Å². The van der Waals surface area contributed by atoms with Crippen LogP contribution in [0.5, 0.6) is 0 Å². The van der Waals surface area contributed by atoms with E-state index < -0.39 is 0 Å². The number of hydrogen-bond acceptors (Lipinski definition) is 5. The van der Waals surface area contributed by atoms with E-state index in [4.69, 9.17) is 4.74 Å². The fourth-order valence-electron chi connectivity index (χ4n) is 4.78. The molecule has 7 nitrogen and oxygen atoms in total. The van der Waals surface area contributed by atoms with Crippen molar-refractivity contribution in [3.05, 3.63) is 5.82 Å². The van der Waals surface area contributed by atoms with E-state index in [-0.39, 0.29) is 17.9 Å². The first-order valence-corrected chi connectivity index (χ1v) is 12.0. The summed E-state index contributed by atoms with van der Waals surface area (Å²) in [6.45, 7) is 9.22. The summed E-state index contributed by atoms with van der Waals surface area (Å²) < 4.78 is 7.89. The molecule has 28 heavy (non-hydrogen) atoms. The average Bonchev–Trinajstić information content (AvgIpc) is 3.49. The maximum Gasteiger partial charge on any atom is 0.251 e. The zero-order chi connectivity index (χ0) is 19.3. The summed E-state index contributed by atoms with van der Waals surface area (Å²) in [4.78, 5) is 16.5. The molecule has 3 fully saturated rings. The Morgan fingerprint density at radius 3 is 2.82 bits per heavy atom. The summed E-state index contributed by atoms with van der Waals surface area (Å²) >= 11 is 1.84. The van der Waals surface area contributed by atoms with Crippen molar-refractivity contribution in [2.75, 3.05) is 45.1 Å². The van der Waals surface area contributed by atoms with Gasteiger partial charge in [0, 0.05) is 45.0 Å². The highest BCUT2D eigenvalue weighted by molar-refractivity contribution is 7.99. The molecule has 156 valence electrons. The maximum absolute atomic E-state index is 12.8. The number of amides is 1. The van der Waals surface area contributed by atoms with Crippen LogP contribution in [0.1, 0.15) is 57.2 Å². The number of thioether (sulfide) groups is 1. The Bertz CT molecular complexity index is 655. The number of hydrogen-bond donors (Lipinski definition) is 1. The van der Waals surface area contributed by atoms with Gasteiger partial charge in [-0.3, -0.25) is 4.79 Å². The van der Waals surface area contributed by atoms with E-state index in [1.807, 2.05) is 16.7 Å². The number of ether oxygens (including phenoxy) is 1. The van der Waals surface area contributed by atoms with Gasteiger partial charge in [-0.05, 0) is 32.6 Å². The topological polar surface area (TPSA) is 64.7 Å². The van der Waals surface area contributed by atoms with Crippen LogP contribution in [0.3, 0.4) is 0 Å². The summed E-state index contributed by atoms with van der Waals surface area (Å²) in [5.74, 6) is 2.61. The third-order valence-corrected chi connectivity index (χ3v) is 7.33. The van der Waals surface area contributed by atoms with Gasteiger partial charge >= 0.3 is 0 Å². The van der Waals surface area contributed by atoms with Gasteiger partial charge in [0.15, 0.2) is 5.16 Å². The summed E-state index contributed by atoms with van der Waals surface area (Å²) in [5, 5.41) is 10.1. The monoisotopic (exact) mass is 408 g/mol. The highest BCUT2D eigenvalue weighted by Crippen LogP contribution is 2.29. The molecule has 0 aliphatic carbocycles. The predicted molar refractivity (Wildman–Crippen MR) is 109 cm³/mol. The lowest BCUT2D eigenvalue weighted by Crippen LogP contribution is -3.10. The number of piperidine rings is 1. The van der Waals surface area contributed by atoms with Gasteiger partial charge in [-0.25, -0.2) is 0 Å². The molecule has 1 aromatic rings. The van der Waals surface area contributed by atoms with E-state index in [1.165, 1.54) is 32.5 Å². The Morgan fingerprint density at radius 1 is 1.21 bits per heavy atom. The molecule has 3 aliphatic rings. The van der Waals surface area contributed by atoms with Gasteiger partial charge in [0.2, 0.25) is 0 Å². The summed E-state index contributed by atoms with van der Waals surface area (Å²) in [7, 11) is 0. The first-order valence-electron chi connectivity index (χ1n) is 11.1. The molecule has 0 bridgehead atoms. The molecule has 0 aromatic carbocycles. The normalized spacial score (nSPS) is 26.2. The predicted octanol–water partition coefficient (Wildman–Crippen LogP) is 0.954. The van der Waals surface area contributed by atoms with Crippen molar-refractivity contribution in [1.82, 2.24) is 19.7 Å². The van der Waals surface area contributed by atoms with Crippen LogP contribution in [0, 0.1) is 0 Å². The smallest absolute Gasteiger partial charge is 0.251 e. The van der Waals surface area contributed by atoms with Crippen molar-refractivity contribution in [2.24, 2.45) is 0 Å². The van der Waals surface area contributed by atoms with Crippen LogP contribution in [-0.4, -0.2) is 76.8 Å². The Labute approximate surface area is 172 Å². The van der Waals surface area contributed by atoms with Crippen LogP contribution in [0.4, 0.5) is 0 Å². The fraction of sp³-hybridized carbons (Fsp3) is 0.850. The molecule has 0 spiro atoms. The van der Waals surface area contributed by atoms with Crippen LogP contribution < -0.4 is 4.90 Å². The lowest BCUT2D eigenvalue weighted by atomic mass is 9.96. The Kier molecular flexibility index (Phi) is 6.90. The number of quaternary nitrogens is 1. The van der Waals surface area contributed by atoms with Gasteiger partial charge in [-0.1, -0.05) is 11.8 Å². The van der Waals surface area contributed by atoms with Crippen LogP contribution in [0.15, 0.2) is 5.16 Å². The molecule has 1 aromatic heterocycles. The molecule has 0 unspecified atom stereocenters. The molecular formula is C20H34N5O2S+. The van der Waals surface area contributed by atoms with E-state index in [0.29, 0.717) is 0 Å². The SMILES string of the molecule is CCn1c(SCC[NH+]2CCCC2)nnc1[C@H]1CCCN(C(=O)[C@H]2CCCO2)C1. The van der Waals surface area contributed by atoms with Gasteiger partial charge in [-0.2, -0.15) is 0 Å². The third kappa shape index (κ3) is 4.54. The molecule has 0 radical (unpaired) electrons. The first kappa shape index (κ1) is 20.2. The van der Waals surface area contributed by atoms with E-state index in [0.717, 1.165) is 68.7 Å². The van der Waals surface area contributed by atoms with Crippen molar-refractivity contribution in [3.63, 3.8) is 0 Å². The molecule has 8 heteroatoms. The Morgan fingerprint density at radius 2 is 2.07 bits per heavy atom. The van der Waals surface area contributed by atoms with Crippen LogP contribution >= 0.6 is 11.8 Å². The van der Waals surface area contributed by atoms with Gasteiger partial charge in [0.05, 0.1) is 25.4 Å². The maximum atomic E-state index is 12.8. The molecule has 0 saturated carbocycles. The van der Waals surface area contributed by atoms with Gasteiger partial charge in [0.25, 0.3) is 5.91 Å². The van der Waals surface area contributed by atoms with Crippen molar-refractivity contribution in [3.8, 4) is 0 Å². The molecule has 3 aliphatic heterocycles. The van der Waals surface area contributed by atoms with E-state index in [2.05, 4.69) is 21.7 Å². The van der Waals surface area contributed by atoms with Crippen molar-refractivity contribution < 1.29 is 14.4 Å². The number of nitrogens with zero attached hydrogens (tertiary/aromatic N) is 4. The molecule has 4 heterocycles. The minimum absolute atomic E-state index is 0.174. The zero-order valence-corrected chi connectivity index (χ0v) is 17.9. The van der Waals surface area contributed by atoms with Gasteiger partial charge in [-0.15, -0.1) is 10.2 Å². The number of carbonyl (C=O) groups is 1. The summed E-state index contributed by atoms with van der Waals surface area (Å²) in [6, 6.07) is 0. The Hall–Kier alpha value is -1.12. The number of nitrogens with one attached hydrogen (secondary N) is 1. The first-order chi connectivity index (χ1) is 13.8. The minimum atomic E-state index is -0.220. The number of likely N-dealkylation sites (tertiary alicyclic amines) is 2. The lowest BCUT2D eigenvalue weighted by molar-refractivity contribution is -0.884. The van der Waals surface area contributed by atoms with Crippen LogP contribution in [0.25, 0.3) is 0 Å². The van der Waals surface area contributed by atoms with E-state index in [1.54, 1.807) is 4.90 Å². The molecule has 1 amide bonds. The molecule has 2 atom stereocenters. The molecule has 1 N–H and O–H groups in total. The highest BCUT2D eigenvalue weighted by atomic mass is 32.2. The second-order valence-electron chi connectivity index (χ2n) is 8.27.